The molecule has 1 saturated carbocycles. The highest BCUT2D eigenvalue weighted by molar-refractivity contribution is 5.34. The van der Waals surface area contributed by atoms with Gasteiger partial charge in [0, 0.05) is 12.6 Å². The first-order valence-electron chi connectivity index (χ1n) is 7.23. The lowest BCUT2D eigenvalue weighted by Gasteiger charge is -2.35. The SMILES string of the molecule is CCOC1(C(N)Cc2ccccc2OC)CCCC1. The van der Waals surface area contributed by atoms with Gasteiger partial charge >= 0.3 is 0 Å². The van der Waals surface area contributed by atoms with Crippen molar-refractivity contribution in [1.29, 1.82) is 0 Å². The number of ether oxygens (including phenoxy) is 2. The van der Waals surface area contributed by atoms with E-state index in [1.165, 1.54) is 18.4 Å². The van der Waals surface area contributed by atoms with Crippen molar-refractivity contribution in [2.45, 2.75) is 50.7 Å². The zero-order valence-electron chi connectivity index (χ0n) is 12.0. The lowest BCUT2D eigenvalue weighted by atomic mass is 9.87. The summed E-state index contributed by atoms with van der Waals surface area (Å²) in [5, 5.41) is 0. The molecular formula is C16H25NO2. The molecule has 0 radical (unpaired) electrons. The van der Waals surface area contributed by atoms with Gasteiger partial charge in [-0.25, -0.2) is 0 Å². The maximum atomic E-state index is 6.48. The Morgan fingerprint density at radius 3 is 2.58 bits per heavy atom. The molecule has 1 unspecified atom stereocenters. The Bertz CT molecular complexity index is 399. The molecule has 1 fully saturated rings. The Balaban J connectivity index is 2.12. The van der Waals surface area contributed by atoms with Gasteiger partial charge in [-0.1, -0.05) is 31.0 Å². The van der Waals surface area contributed by atoms with E-state index in [2.05, 4.69) is 13.0 Å². The van der Waals surface area contributed by atoms with Gasteiger partial charge in [0.15, 0.2) is 0 Å². The van der Waals surface area contributed by atoms with Crippen molar-refractivity contribution in [2.24, 2.45) is 5.73 Å². The van der Waals surface area contributed by atoms with Gasteiger partial charge in [-0.2, -0.15) is 0 Å². The summed E-state index contributed by atoms with van der Waals surface area (Å²) in [7, 11) is 1.71. The summed E-state index contributed by atoms with van der Waals surface area (Å²) in [6.07, 6.45) is 5.41. The van der Waals surface area contributed by atoms with Gasteiger partial charge in [0.25, 0.3) is 0 Å². The third-order valence-corrected chi connectivity index (χ3v) is 4.19. The summed E-state index contributed by atoms with van der Waals surface area (Å²) >= 11 is 0. The summed E-state index contributed by atoms with van der Waals surface area (Å²) in [4.78, 5) is 0. The van der Waals surface area contributed by atoms with Gasteiger partial charge in [-0.3, -0.25) is 0 Å². The van der Waals surface area contributed by atoms with Crippen LogP contribution < -0.4 is 10.5 Å². The number of para-hydroxylation sites is 1. The molecule has 1 aromatic rings. The van der Waals surface area contributed by atoms with Crippen molar-refractivity contribution in [3.63, 3.8) is 0 Å². The number of benzene rings is 1. The second kappa shape index (κ2) is 6.40. The van der Waals surface area contributed by atoms with Crippen LogP contribution in [0.25, 0.3) is 0 Å². The number of rotatable bonds is 6. The Kier molecular flexibility index (Phi) is 4.83. The molecule has 3 heteroatoms. The van der Waals surface area contributed by atoms with Crippen LogP contribution in [0.1, 0.15) is 38.2 Å². The smallest absolute Gasteiger partial charge is 0.122 e. The van der Waals surface area contributed by atoms with E-state index in [0.29, 0.717) is 0 Å². The first-order valence-corrected chi connectivity index (χ1v) is 7.23. The van der Waals surface area contributed by atoms with Crippen molar-refractivity contribution in [3.8, 4) is 5.75 Å². The van der Waals surface area contributed by atoms with Crippen molar-refractivity contribution in [2.75, 3.05) is 13.7 Å². The largest absolute Gasteiger partial charge is 0.496 e. The van der Waals surface area contributed by atoms with Gasteiger partial charge in [0.05, 0.1) is 12.7 Å². The van der Waals surface area contributed by atoms with E-state index in [1.54, 1.807) is 7.11 Å². The molecule has 0 saturated heterocycles. The molecule has 0 aliphatic heterocycles. The van der Waals surface area contributed by atoms with Crippen molar-refractivity contribution in [1.82, 2.24) is 0 Å². The van der Waals surface area contributed by atoms with Crippen LogP contribution in [0, 0.1) is 0 Å². The second-order valence-corrected chi connectivity index (χ2v) is 5.33. The highest BCUT2D eigenvalue weighted by Gasteiger charge is 2.40. The molecule has 2 rings (SSSR count). The molecular weight excluding hydrogens is 238 g/mol. The van der Waals surface area contributed by atoms with Crippen molar-refractivity contribution in [3.05, 3.63) is 29.8 Å². The van der Waals surface area contributed by atoms with Gasteiger partial charge in [-0.05, 0) is 37.8 Å². The minimum atomic E-state index is -0.129. The predicted molar refractivity (Wildman–Crippen MR) is 77.5 cm³/mol. The third kappa shape index (κ3) is 3.10. The van der Waals surface area contributed by atoms with Gasteiger partial charge in [-0.15, -0.1) is 0 Å². The van der Waals surface area contributed by atoms with Gasteiger partial charge in [0.1, 0.15) is 5.75 Å². The fourth-order valence-electron chi connectivity index (χ4n) is 3.18. The van der Waals surface area contributed by atoms with Crippen LogP contribution in [0.15, 0.2) is 24.3 Å². The third-order valence-electron chi connectivity index (χ3n) is 4.19. The molecule has 0 spiro atoms. The molecule has 0 aromatic heterocycles. The first kappa shape index (κ1) is 14.4. The highest BCUT2D eigenvalue weighted by atomic mass is 16.5. The number of methoxy groups -OCH3 is 1. The molecule has 3 nitrogen and oxygen atoms in total. The van der Waals surface area contributed by atoms with Crippen molar-refractivity contribution >= 4 is 0 Å². The number of hydrogen-bond donors (Lipinski definition) is 1. The number of hydrogen-bond acceptors (Lipinski definition) is 3. The summed E-state index contributed by atoms with van der Waals surface area (Å²) in [5.41, 5.74) is 7.52. The second-order valence-electron chi connectivity index (χ2n) is 5.33. The van der Waals surface area contributed by atoms with E-state index < -0.39 is 0 Å². The first-order chi connectivity index (χ1) is 9.22. The Labute approximate surface area is 116 Å². The molecule has 19 heavy (non-hydrogen) atoms. The average Bonchev–Trinajstić information content (AvgIpc) is 2.90. The summed E-state index contributed by atoms with van der Waals surface area (Å²) in [6.45, 7) is 2.79. The van der Waals surface area contributed by atoms with E-state index in [9.17, 15) is 0 Å². The Hall–Kier alpha value is -1.06. The van der Waals surface area contributed by atoms with E-state index in [0.717, 1.165) is 31.6 Å². The normalized spacial score (nSPS) is 19.3. The standard InChI is InChI=1S/C16H25NO2/c1-3-19-16(10-6-7-11-16)15(17)12-13-8-4-5-9-14(13)18-2/h4-5,8-9,15H,3,6-7,10-12,17H2,1-2H3. The maximum absolute atomic E-state index is 6.48. The van der Waals surface area contributed by atoms with Crippen LogP contribution >= 0.6 is 0 Å². The molecule has 1 atom stereocenters. The molecule has 0 heterocycles. The monoisotopic (exact) mass is 263 g/mol. The van der Waals surface area contributed by atoms with Crippen LogP contribution in [-0.2, 0) is 11.2 Å². The van der Waals surface area contributed by atoms with Crippen LogP contribution in [0.2, 0.25) is 0 Å². The quantitative estimate of drug-likeness (QED) is 0.858. The molecule has 0 bridgehead atoms. The highest BCUT2D eigenvalue weighted by Crippen LogP contribution is 2.37. The van der Waals surface area contributed by atoms with Gasteiger partial charge in [0.2, 0.25) is 0 Å². The predicted octanol–water partition coefficient (Wildman–Crippen LogP) is 2.91. The van der Waals surface area contributed by atoms with E-state index in [4.69, 9.17) is 15.2 Å². The van der Waals surface area contributed by atoms with Crippen LogP contribution in [0.3, 0.4) is 0 Å². The molecule has 1 aliphatic rings. The summed E-state index contributed by atoms with van der Waals surface area (Å²) in [6, 6.07) is 8.14. The zero-order chi connectivity index (χ0) is 13.7. The van der Waals surface area contributed by atoms with Crippen LogP contribution in [0.4, 0.5) is 0 Å². The molecule has 0 amide bonds. The average molecular weight is 263 g/mol. The van der Waals surface area contributed by atoms with E-state index in [-0.39, 0.29) is 11.6 Å². The minimum absolute atomic E-state index is 0.0336. The topological polar surface area (TPSA) is 44.5 Å². The number of nitrogens with two attached hydrogens (primary N) is 1. The van der Waals surface area contributed by atoms with E-state index >= 15 is 0 Å². The Morgan fingerprint density at radius 1 is 1.26 bits per heavy atom. The van der Waals surface area contributed by atoms with Crippen molar-refractivity contribution < 1.29 is 9.47 Å². The minimum Gasteiger partial charge on any atom is -0.496 e. The molecule has 1 aliphatic carbocycles. The maximum Gasteiger partial charge on any atom is 0.122 e. The summed E-state index contributed by atoms with van der Waals surface area (Å²) in [5.74, 6) is 0.919. The van der Waals surface area contributed by atoms with E-state index in [1.807, 2.05) is 18.2 Å². The van der Waals surface area contributed by atoms with Crippen LogP contribution in [-0.4, -0.2) is 25.4 Å². The lowest BCUT2D eigenvalue weighted by Crippen LogP contribution is -2.49. The zero-order valence-corrected chi connectivity index (χ0v) is 12.0. The molecule has 106 valence electrons. The fraction of sp³-hybridized carbons (Fsp3) is 0.625. The van der Waals surface area contributed by atoms with Crippen LogP contribution in [0.5, 0.6) is 5.75 Å². The van der Waals surface area contributed by atoms with Gasteiger partial charge < -0.3 is 15.2 Å². The fourth-order valence-corrected chi connectivity index (χ4v) is 3.18. The summed E-state index contributed by atoms with van der Waals surface area (Å²) < 4.78 is 11.4. The molecule has 2 N–H and O–H groups in total. The Morgan fingerprint density at radius 2 is 1.95 bits per heavy atom. The lowest BCUT2D eigenvalue weighted by molar-refractivity contribution is -0.0525. The molecule has 1 aromatic carbocycles.